The third-order valence-corrected chi connectivity index (χ3v) is 5.44. The Morgan fingerprint density at radius 2 is 2.30 bits per heavy atom. The fourth-order valence-corrected chi connectivity index (χ4v) is 4.25. The normalized spacial score (nSPS) is 27.8. The molecule has 3 heterocycles. The molecular weight excluding hydrogens is 315 g/mol. The fraction of sp³-hybridized carbons (Fsp3) is 0.471. The number of aromatic nitrogens is 1. The Bertz CT molecular complexity index is 652. The Kier molecular flexibility index (Phi) is 4.29. The molecule has 0 radical (unpaired) electrons. The van der Waals surface area contributed by atoms with E-state index in [1.165, 1.54) is 10.9 Å². The number of morpholine rings is 1. The summed E-state index contributed by atoms with van der Waals surface area (Å²) >= 11 is 1.78. The van der Waals surface area contributed by atoms with E-state index in [1.54, 1.807) is 23.6 Å². The van der Waals surface area contributed by atoms with Crippen molar-refractivity contribution in [3.63, 3.8) is 0 Å². The highest BCUT2D eigenvalue weighted by atomic mass is 32.1. The molecule has 4 nitrogen and oxygen atoms in total. The van der Waals surface area contributed by atoms with Crippen molar-refractivity contribution in [2.45, 2.75) is 37.6 Å². The van der Waals surface area contributed by atoms with Crippen LogP contribution in [0.2, 0.25) is 0 Å². The minimum atomic E-state index is -0.415. The molecule has 0 aromatic carbocycles. The number of halogens is 1. The highest BCUT2D eigenvalue weighted by Crippen LogP contribution is 2.34. The van der Waals surface area contributed by atoms with E-state index in [9.17, 15) is 4.39 Å². The van der Waals surface area contributed by atoms with E-state index >= 15 is 0 Å². The van der Waals surface area contributed by atoms with E-state index < -0.39 is 5.82 Å². The standard InChI is InChI=1S/C17H19FN2O2S/c18-13-4-1-7-19-17(13)22-15-6-5-14-16(15)21-9-8-20(14)11-12-3-2-10-23-12/h1-4,7,10,14-16H,5-6,8-9,11H2/t14-,15+,16+/m0/s1. The van der Waals surface area contributed by atoms with Gasteiger partial charge >= 0.3 is 0 Å². The lowest BCUT2D eigenvalue weighted by atomic mass is 10.1. The maximum absolute atomic E-state index is 13.8. The molecule has 2 aromatic heterocycles. The van der Waals surface area contributed by atoms with Gasteiger partial charge in [-0.2, -0.15) is 0 Å². The first-order valence-electron chi connectivity index (χ1n) is 7.96. The third kappa shape index (κ3) is 3.11. The van der Waals surface area contributed by atoms with Crippen molar-refractivity contribution in [3.8, 4) is 5.88 Å². The number of ether oxygens (including phenoxy) is 2. The van der Waals surface area contributed by atoms with Gasteiger partial charge in [0.15, 0.2) is 5.82 Å². The van der Waals surface area contributed by atoms with Crippen LogP contribution < -0.4 is 4.74 Å². The van der Waals surface area contributed by atoms with Crippen LogP contribution in [0, 0.1) is 5.82 Å². The maximum Gasteiger partial charge on any atom is 0.250 e. The van der Waals surface area contributed by atoms with Crippen molar-refractivity contribution in [1.29, 1.82) is 0 Å². The van der Waals surface area contributed by atoms with Gasteiger partial charge in [0.2, 0.25) is 0 Å². The first-order chi connectivity index (χ1) is 11.3. The SMILES string of the molecule is Fc1cccnc1O[C@@H]1CC[C@H]2[C@H]1OCCN2Cc1cccs1. The van der Waals surface area contributed by atoms with Crippen LogP contribution in [0.5, 0.6) is 5.88 Å². The molecule has 0 amide bonds. The summed E-state index contributed by atoms with van der Waals surface area (Å²) in [6.07, 6.45) is 3.29. The molecule has 1 aliphatic carbocycles. The van der Waals surface area contributed by atoms with Gasteiger partial charge in [-0.3, -0.25) is 4.90 Å². The topological polar surface area (TPSA) is 34.6 Å². The Labute approximate surface area is 138 Å². The lowest BCUT2D eigenvalue weighted by Crippen LogP contribution is -2.51. The van der Waals surface area contributed by atoms with Crippen LogP contribution in [0.25, 0.3) is 0 Å². The minimum Gasteiger partial charge on any atom is -0.469 e. The summed E-state index contributed by atoms with van der Waals surface area (Å²) < 4.78 is 25.5. The van der Waals surface area contributed by atoms with Crippen LogP contribution in [0.15, 0.2) is 35.8 Å². The molecule has 0 unspecified atom stereocenters. The lowest BCUT2D eigenvalue weighted by Gasteiger charge is -2.38. The van der Waals surface area contributed by atoms with Gasteiger partial charge < -0.3 is 9.47 Å². The molecule has 2 aliphatic rings. The highest BCUT2D eigenvalue weighted by molar-refractivity contribution is 7.09. The third-order valence-electron chi connectivity index (χ3n) is 4.58. The molecule has 4 rings (SSSR count). The Hall–Kier alpha value is -1.50. The van der Waals surface area contributed by atoms with Gasteiger partial charge in [0.05, 0.1) is 6.61 Å². The predicted octanol–water partition coefficient (Wildman–Crippen LogP) is 3.09. The zero-order valence-electron chi connectivity index (χ0n) is 12.7. The van der Waals surface area contributed by atoms with Crippen molar-refractivity contribution < 1.29 is 13.9 Å². The summed E-state index contributed by atoms with van der Waals surface area (Å²) in [5.74, 6) is -0.334. The second-order valence-corrected chi connectivity index (χ2v) is 7.01. The first-order valence-corrected chi connectivity index (χ1v) is 8.84. The fourth-order valence-electron chi connectivity index (χ4n) is 3.52. The number of pyridine rings is 1. The Morgan fingerprint density at radius 3 is 3.13 bits per heavy atom. The van der Waals surface area contributed by atoms with Gasteiger partial charge in [0, 0.05) is 30.2 Å². The summed E-state index contributed by atoms with van der Waals surface area (Å²) in [4.78, 5) is 7.83. The van der Waals surface area contributed by atoms with Crippen LogP contribution in [-0.2, 0) is 11.3 Å². The van der Waals surface area contributed by atoms with Crippen molar-refractivity contribution in [2.75, 3.05) is 13.2 Å². The molecule has 1 aliphatic heterocycles. The molecule has 6 heteroatoms. The van der Waals surface area contributed by atoms with Crippen molar-refractivity contribution >= 4 is 11.3 Å². The van der Waals surface area contributed by atoms with Crippen molar-refractivity contribution in [2.24, 2.45) is 0 Å². The molecular formula is C17H19FN2O2S. The highest BCUT2D eigenvalue weighted by Gasteiger charge is 2.44. The van der Waals surface area contributed by atoms with Crippen LogP contribution in [0.1, 0.15) is 17.7 Å². The largest absolute Gasteiger partial charge is 0.469 e. The number of thiophene rings is 1. The van der Waals surface area contributed by atoms with Gasteiger partial charge in [-0.25, -0.2) is 9.37 Å². The predicted molar refractivity (Wildman–Crippen MR) is 86.1 cm³/mol. The van der Waals surface area contributed by atoms with Gasteiger partial charge in [-0.1, -0.05) is 6.07 Å². The van der Waals surface area contributed by atoms with E-state index in [0.29, 0.717) is 12.6 Å². The number of hydrogen-bond acceptors (Lipinski definition) is 5. The summed E-state index contributed by atoms with van der Waals surface area (Å²) in [6, 6.07) is 7.53. The molecule has 3 atom stereocenters. The molecule has 0 bridgehead atoms. The van der Waals surface area contributed by atoms with Gasteiger partial charge in [-0.05, 0) is 36.4 Å². The van der Waals surface area contributed by atoms with Gasteiger partial charge in [0.25, 0.3) is 5.88 Å². The Morgan fingerprint density at radius 1 is 1.35 bits per heavy atom. The summed E-state index contributed by atoms with van der Waals surface area (Å²) in [7, 11) is 0. The summed E-state index contributed by atoms with van der Waals surface area (Å²) in [5.41, 5.74) is 0. The molecule has 0 N–H and O–H groups in total. The van der Waals surface area contributed by atoms with E-state index in [4.69, 9.17) is 9.47 Å². The smallest absolute Gasteiger partial charge is 0.250 e. The monoisotopic (exact) mass is 334 g/mol. The molecule has 2 fully saturated rings. The first kappa shape index (κ1) is 15.1. The zero-order valence-corrected chi connectivity index (χ0v) is 13.5. The number of hydrogen-bond donors (Lipinski definition) is 0. The summed E-state index contributed by atoms with van der Waals surface area (Å²) in [5, 5.41) is 2.11. The molecule has 1 saturated carbocycles. The van der Waals surface area contributed by atoms with Crippen LogP contribution in [-0.4, -0.2) is 41.3 Å². The van der Waals surface area contributed by atoms with Gasteiger partial charge in [-0.15, -0.1) is 11.3 Å². The maximum atomic E-state index is 13.8. The average Bonchev–Trinajstić information content (AvgIpc) is 3.20. The quantitative estimate of drug-likeness (QED) is 0.861. The van der Waals surface area contributed by atoms with Crippen LogP contribution in [0.3, 0.4) is 0 Å². The van der Waals surface area contributed by atoms with E-state index in [-0.39, 0.29) is 18.1 Å². The van der Waals surface area contributed by atoms with Crippen molar-refractivity contribution in [3.05, 3.63) is 46.5 Å². The average molecular weight is 334 g/mol. The van der Waals surface area contributed by atoms with Crippen molar-refractivity contribution in [1.82, 2.24) is 9.88 Å². The van der Waals surface area contributed by atoms with Crippen LogP contribution >= 0.6 is 11.3 Å². The van der Waals surface area contributed by atoms with Crippen LogP contribution in [0.4, 0.5) is 4.39 Å². The van der Waals surface area contributed by atoms with E-state index in [0.717, 1.165) is 25.9 Å². The molecule has 0 spiro atoms. The number of nitrogens with zero attached hydrogens (tertiary/aromatic N) is 2. The zero-order chi connectivity index (χ0) is 15.6. The van der Waals surface area contributed by atoms with Gasteiger partial charge in [0.1, 0.15) is 12.2 Å². The van der Waals surface area contributed by atoms with E-state index in [2.05, 4.69) is 27.4 Å². The van der Waals surface area contributed by atoms with E-state index in [1.807, 2.05) is 0 Å². The second-order valence-electron chi connectivity index (χ2n) is 5.98. The lowest BCUT2D eigenvalue weighted by molar-refractivity contribution is -0.0925. The molecule has 2 aromatic rings. The molecule has 23 heavy (non-hydrogen) atoms. The summed E-state index contributed by atoms with van der Waals surface area (Å²) in [6.45, 7) is 2.58. The Balaban J connectivity index is 1.46. The molecule has 1 saturated heterocycles. The second kappa shape index (κ2) is 6.55. The minimum absolute atomic E-state index is 0.00915. The molecule has 122 valence electrons. The number of rotatable bonds is 4. The number of fused-ring (bicyclic) bond motifs is 1.